The summed E-state index contributed by atoms with van der Waals surface area (Å²) in [6.07, 6.45) is 8.33. The first-order valence-corrected chi connectivity index (χ1v) is 9.91. The van der Waals surface area contributed by atoms with Crippen LogP contribution in [0.3, 0.4) is 0 Å². The van der Waals surface area contributed by atoms with Gasteiger partial charge in [-0.15, -0.1) is 0 Å². The molecule has 2 heterocycles. The van der Waals surface area contributed by atoms with E-state index in [1.165, 1.54) is 0 Å². The van der Waals surface area contributed by atoms with Gasteiger partial charge in [0.2, 0.25) is 17.7 Å². The molecule has 29 heavy (non-hydrogen) atoms. The number of allylic oxidation sites excluding steroid dienone is 2. The number of likely N-dealkylation sites (tertiary alicyclic amines) is 1. The van der Waals surface area contributed by atoms with Crippen molar-refractivity contribution < 1.29 is 14.4 Å². The van der Waals surface area contributed by atoms with Crippen LogP contribution in [-0.4, -0.2) is 34.2 Å². The first-order chi connectivity index (χ1) is 14.1. The Hall–Kier alpha value is -3.28. The summed E-state index contributed by atoms with van der Waals surface area (Å²) in [5.74, 6) is -1.03. The maximum Gasteiger partial charge on any atom is 0.240 e. The summed E-state index contributed by atoms with van der Waals surface area (Å²) >= 11 is 0. The molecule has 3 amide bonds. The van der Waals surface area contributed by atoms with Crippen molar-refractivity contribution >= 4 is 17.7 Å². The van der Waals surface area contributed by atoms with Crippen LogP contribution in [0.4, 0.5) is 0 Å². The fourth-order valence-electron chi connectivity index (χ4n) is 5.03. The van der Waals surface area contributed by atoms with E-state index in [0.717, 1.165) is 22.4 Å². The van der Waals surface area contributed by atoms with Crippen LogP contribution in [0, 0.1) is 23.7 Å². The Balaban J connectivity index is 1.34. The van der Waals surface area contributed by atoms with E-state index in [9.17, 15) is 14.4 Å². The van der Waals surface area contributed by atoms with Gasteiger partial charge in [-0.25, -0.2) is 0 Å². The monoisotopic (exact) mass is 387 g/mol. The molecule has 2 aromatic rings. The molecule has 5 rings (SSSR count). The number of rotatable bonds is 5. The Labute approximate surface area is 168 Å². The van der Waals surface area contributed by atoms with Crippen LogP contribution in [0.25, 0.3) is 0 Å². The van der Waals surface area contributed by atoms with Crippen LogP contribution in [0.15, 0.2) is 67.0 Å². The number of nitrogens with one attached hydrogen (secondary N) is 1. The molecule has 0 radical (unpaired) electrons. The number of imide groups is 1. The molecule has 2 aliphatic carbocycles. The Morgan fingerprint density at radius 2 is 1.55 bits per heavy atom. The van der Waals surface area contributed by atoms with Crippen LogP contribution in [-0.2, 0) is 14.4 Å². The minimum Gasteiger partial charge on any atom is -0.344 e. The summed E-state index contributed by atoms with van der Waals surface area (Å²) in [6.45, 7) is -0.238. The highest BCUT2D eigenvalue weighted by Crippen LogP contribution is 2.52. The number of hydrogen-bond donors (Lipinski definition) is 1. The predicted molar refractivity (Wildman–Crippen MR) is 105 cm³/mol. The topological polar surface area (TPSA) is 79.4 Å². The first-order valence-electron chi connectivity index (χ1n) is 9.91. The third-order valence-electron chi connectivity index (χ3n) is 6.34. The highest BCUT2D eigenvalue weighted by molar-refractivity contribution is 6.08. The van der Waals surface area contributed by atoms with Crippen LogP contribution in [0.5, 0.6) is 0 Å². The van der Waals surface area contributed by atoms with Gasteiger partial charge in [0.15, 0.2) is 0 Å². The average molecular weight is 387 g/mol. The van der Waals surface area contributed by atoms with E-state index >= 15 is 0 Å². The van der Waals surface area contributed by atoms with Crippen molar-refractivity contribution in [2.24, 2.45) is 23.7 Å². The number of pyridine rings is 1. The fraction of sp³-hybridized carbons (Fsp3) is 0.304. The molecule has 1 aromatic carbocycles. The molecule has 1 N–H and O–H groups in total. The molecule has 6 nitrogen and oxygen atoms in total. The lowest BCUT2D eigenvalue weighted by atomic mass is 9.85. The van der Waals surface area contributed by atoms with Crippen molar-refractivity contribution in [1.29, 1.82) is 0 Å². The van der Waals surface area contributed by atoms with Crippen molar-refractivity contribution in [3.8, 4) is 0 Å². The largest absolute Gasteiger partial charge is 0.344 e. The van der Waals surface area contributed by atoms with Gasteiger partial charge in [-0.1, -0.05) is 42.5 Å². The lowest BCUT2D eigenvalue weighted by Crippen LogP contribution is -2.43. The molecule has 3 aliphatic rings. The molecule has 1 aliphatic heterocycles. The van der Waals surface area contributed by atoms with Gasteiger partial charge in [0, 0.05) is 12.4 Å². The number of aromatic nitrogens is 1. The van der Waals surface area contributed by atoms with Gasteiger partial charge >= 0.3 is 0 Å². The standard InChI is InChI=1S/C23H21N3O3/c27-18(13-26-22(28)19-16-6-7-17(12-16)20(19)23(26)29)25-21(14-4-2-1-3-5-14)15-8-10-24-11-9-15/h1-11,16-17,19-21H,12-13H2,(H,25,27). The molecular weight excluding hydrogens is 366 g/mol. The minimum atomic E-state index is -0.378. The van der Waals surface area contributed by atoms with E-state index in [0.29, 0.717) is 0 Å². The molecule has 1 saturated carbocycles. The second-order valence-electron chi connectivity index (χ2n) is 7.95. The summed E-state index contributed by atoms with van der Waals surface area (Å²) in [6, 6.07) is 12.9. The molecule has 6 heteroatoms. The van der Waals surface area contributed by atoms with Crippen LogP contribution >= 0.6 is 0 Å². The van der Waals surface area contributed by atoms with E-state index in [1.807, 2.05) is 42.5 Å². The van der Waals surface area contributed by atoms with Crippen LogP contribution in [0.1, 0.15) is 23.6 Å². The Morgan fingerprint density at radius 3 is 2.17 bits per heavy atom. The highest BCUT2D eigenvalue weighted by atomic mass is 16.2. The molecule has 0 spiro atoms. The van der Waals surface area contributed by atoms with E-state index in [1.54, 1.807) is 12.4 Å². The zero-order valence-electron chi connectivity index (χ0n) is 15.8. The number of carbonyl (C=O) groups excluding carboxylic acids is 3. The van der Waals surface area contributed by atoms with Crippen molar-refractivity contribution in [3.63, 3.8) is 0 Å². The number of carbonyl (C=O) groups is 3. The number of nitrogens with zero attached hydrogens (tertiary/aromatic N) is 2. The smallest absolute Gasteiger partial charge is 0.240 e. The highest BCUT2D eigenvalue weighted by Gasteiger charge is 2.59. The van der Waals surface area contributed by atoms with Gasteiger partial charge in [-0.2, -0.15) is 0 Å². The zero-order valence-corrected chi connectivity index (χ0v) is 15.8. The summed E-state index contributed by atoms with van der Waals surface area (Å²) in [4.78, 5) is 43.7. The van der Waals surface area contributed by atoms with E-state index in [-0.39, 0.29) is 54.0 Å². The predicted octanol–water partition coefficient (Wildman–Crippen LogP) is 2.09. The maximum absolute atomic E-state index is 12.9. The fourth-order valence-corrected chi connectivity index (χ4v) is 5.03. The van der Waals surface area contributed by atoms with Gasteiger partial charge in [0.25, 0.3) is 0 Å². The summed E-state index contributed by atoms with van der Waals surface area (Å²) in [7, 11) is 0. The zero-order chi connectivity index (χ0) is 20.0. The second-order valence-corrected chi connectivity index (χ2v) is 7.95. The van der Waals surface area contributed by atoms with Gasteiger partial charge in [0.1, 0.15) is 6.54 Å². The Bertz CT molecular complexity index is 919. The molecule has 146 valence electrons. The van der Waals surface area contributed by atoms with Crippen LogP contribution < -0.4 is 5.32 Å². The molecular formula is C23H21N3O3. The number of hydrogen-bond acceptors (Lipinski definition) is 4. The van der Waals surface area contributed by atoms with Crippen molar-refractivity contribution in [3.05, 3.63) is 78.1 Å². The molecule has 5 unspecified atom stereocenters. The Morgan fingerprint density at radius 1 is 0.966 bits per heavy atom. The Kier molecular flexibility index (Phi) is 4.27. The quantitative estimate of drug-likeness (QED) is 0.629. The van der Waals surface area contributed by atoms with Gasteiger partial charge in [-0.3, -0.25) is 24.3 Å². The van der Waals surface area contributed by atoms with E-state index in [4.69, 9.17) is 0 Å². The summed E-state index contributed by atoms with van der Waals surface area (Å²) in [5, 5.41) is 2.99. The molecule has 2 bridgehead atoms. The second kappa shape index (κ2) is 6.95. The molecule has 5 atom stereocenters. The maximum atomic E-state index is 12.9. The van der Waals surface area contributed by atoms with Gasteiger partial charge < -0.3 is 5.32 Å². The average Bonchev–Trinajstić information content (AvgIpc) is 3.43. The van der Waals surface area contributed by atoms with Crippen molar-refractivity contribution in [2.75, 3.05) is 6.54 Å². The number of amides is 3. The third-order valence-corrected chi connectivity index (χ3v) is 6.34. The third kappa shape index (κ3) is 2.95. The van der Waals surface area contributed by atoms with Crippen LogP contribution in [0.2, 0.25) is 0 Å². The minimum absolute atomic E-state index is 0.142. The van der Waals surface area contributed by atoms with Crippen molar-refractivity contribution in [2.45, 2.75) is 12.5 Å². The number of benzene rings is 1. The molecule has 2 fully saturated rings. The lowest BCUT2D eigenvalue weighted by Gasteiger charge is -2.22. The van der Waals surface area contributed by atoms with Crippen molar-refractivity contribution in [1.82, 2.24) is 15.2 Å². The SMILES string of the molecule is O=C(CN1C(=O)C2C3C=CC(C3)C2C1=O)NC(c1ccccc1)c1ccncc1. The summed E-state index contributed by atoms with van der Waals surface area (Å²) < 4.78 is 0. The number of fused-ring (bicyclic) bond motifs is 5. The summed E-state index contributed by atoms with van der Waals surface area (Å²) in [5.41, 5.74) is 1.81. The lowest BCUT2D eigenvalue weighted by molar-refractivity contribution is -0.144. The molecule has 1 aromatic heterocycles. The van der Waals surface area contributed by atoms with E-state index < -0.39 is 0 Å². The normalized spacial score (nSPS) is 27.9. The van der Waals surface area contributed by atoms with E-state index in [2.05, 4.69) is 22.5 Å². The first kappa shape index (κ1) is 17.8. The van der Waals surface area contributed by atoms with Gasteiger partial charge in [-0.05, 0) is 41.5 Å². The van der Waals surface area contributed by atoms with Gasteiger partial charge in [0.05, 0.1) is 17.9 Å². The molecule has 1 saturated heterocycles.